The monoisotopic (exact) mass is 763 g/mol. The third-order valence-corrected chi connectivity index (χ3v) is 16.8. The van der Waals surface area contributed by atoms with Gasteiger partial charge in [-0.2, -0.15) is 4.57 Å². The Labute approximate surface area is 342 Å². The maximum Gasteiger partial charge on any atom is 0.294 e. The van der Waals surface area contributed by atoms with Crippen LogP contribution in [-0.2, 0) is 16.4 Å². The van der Waals surface area contributed by atoms with Crippen LogP contribution in [0, 0.1) is 5.41 Å². The molecule has 5 unspecified atom stereocenters. The van der Waals surface area contributed by atoms with Gasteiger partial charge in [0, 0.05) is 44.7 Å². The molecular weight excluding hydrogens is 709 g/mol. The molecule has 0 N–H and O–H groups in total. The van der Waals surface area contributed by atoms with E-state index in [4.69, 9.17) is 4.42 Å². The van der Waals surface area contributed by atoms with E-state index in [1.165, 1.54) is 73.6 Å². The number of fused-ring (bicyclic) bond motifs is 16. The predicted molar refractivity (Wildman–Crippen MR) is 237 cm³/mol. The molecule has 12 rings (SSSR count). The lowest BCUT2D eigenvalue weighted by molar-refractivity contribution is -0.765. The molecule has 7 aromatic rings. The van der Waals surface area contributed by atoms with Gasteiger partial charge in [0.05, 0.1) is 22.6 Å². The number of imidazole rings is 1. The lowest BCUT2D eigenvalue weighted by Gasteiger charge is -2.61. The smallest absolute Gasteiger partial charge is 0.294 e. The summed E-state index contributed by atoms with van der Waals surface area (Å²) in [7, 11) is 0. The number of nitrogens with zero attached hydrogens (tertiary/aromatic N) is 4. The van der Waals surface area contributed by atoms with Crippen molar-refractivity contribution in [3.63, 3.8) is 0 Å². The number of anilines is 3. The van der Waals surface area contributed by atoms with Gasteiger partial charge in [-0.3, -0.25) is 0 Å². The van der Waals surface area contributed by atoms with Crippen molar-refractivity contribution < 1.29 is 8.98 Å². The summed E-state index contributed by atoms with van der Waals surface area (Å²) < 4.78 is 12.3. The van der Waals surface area contributed by atoms with Crippen molar-refractivity contribution in [3.8, 4) is 17.1 Å². The minimum atomic E-state index is -0.157. The zero-order valence-electron chi connectivity index (χ0n) is 35.1. The van der Waals surface area contributed by atoms with Crippen molar-refractivity contribution in [1.29, 1.82) is 0 Å². The molecule has 5 aromatic carbocycles. The van der Waals surface area contributed by atoms with Crippen LogP contribution < -0.4 is 14.4 Å². The van der Waals surface area contributed by atoms with Gasteiger partial charge in [0.1, 0.15) is 35.4 Å². The highest BCUT2D eigenvalue weighted by molar-refractivity contribution is 6.11. The molecule has 1 saturated carbocycles. The van der Waals surface area contributed by atoms with Crippen LogP contribution in [0.3, 0.4) is 0 Å². The van der Waals surface area contributed by atoms with Gasteiger partial charge >= 0.3 is 0 Å². The molecule has 2 aromatic heterocycles. The lowest BCUT2D eigenvalue weighted by Crippen LogP contribution is -2.70. The van der Waals surface area contributed by atoms with Gasteiger partial charge in [0.2, 0.25) is 0 Å². The average molecular weight is 764 g/mol. The molecule has 5 nitrogen and oxygen atoms in total. The van der Waals surface area contributed by atoms with Gasteiger partial charge < -0.3 is 14.2 Å². The van der Waals surface area contributed by atoms with Crippen LogP contribution in [0.5, 0.6) is 0 Å². The van der Waals surface area contributed by atoms with Crippen LogP contribution in [-0.4, -0.2) is 17.3 Å². The van der Waals surface area contributed by atoms with Crippen molar-refractivity contribution in [2.24, 2.45) is 5.41 Å². The standard InChI is InChI=1S/C53H55N4O/c1-33(2)35-17-14-18-36(34(3)4)45(35)55-31-32-56-48(55)39-16-8-10-19-40(39)50(5)25-26-51(6)41-24-23-38-37-15-9-13-22-44(37)58-47(38)46(41)57-43-21-12-11-20-42(43)54-30-29-53(51,49(54)57)28-27-52(50,56)7/h8-24,31-34,49H,25-30H2,1-7H3/q+1. The first-order chi connectivity index (χ1) is 28.0. The number of furan rings is 1. The van der Waals surface area contributed by atoms with Crippen LogP contribution in [0.1, 0.15) is 115 Å². The Morgan fingerprint density at radius 1 is 0.638 bits per heavy atom. The van der Waals surface area contributed by atoms with E-state index in [9.17, 15) is 0 Å². The van der Waals surface area contributed by atoms with Crippen LogP contribution >= 0.6 is 0 Å². The number of hydrogen-bond donors (Lipinski definition) is 0. The van der Waals surface area contributed by atoms with E-state index >= 15 is 0 Å². The second-order valence-corrected chi connectivity index (χ2v) is 19.7. The first kappa shape index (κ1) is 34.7. The summed E-state index contributed by atoms with van der Waals surface area (Å²) in [6.07, 6.45) is 10.7. The van der Waals surface area contributed by atoms with E-state index in [1.54, 1.807) is 0 Å². The number of para-hydroxylation sites is 4. The Hall–Kier alpha value is -5.29. The highest BCUT2D eigenvalue weighted by atomic mass is 16.3. The van der Waals surface area contributed by atoms with Crippen molar-refractivity contribution in [2.75, 3.05) is 16.3 Å². The van der Waals surface area contributed by atoms with Crippen molar-refractivity contribution in [1.82, 2.24) is 4.57 Å². The molecule has 0 amide bonds. The fourth-order valence-electron chi connectivity index (χ4n) is 13.5. The van der Waals surface area contributed by atoms with Crippen molar-refractivity contribution in [2.45, 2.75) is 115 Å². The molecule has 5 aliphatic rings. The molecule has 6 heterocycles. The summed E-state index contributed by atoms with van der Waals surface area (Å²) in [5.74, 6) is 2.15. The summed E-state index contributed by atoms with van der Waals surface area (Å²) in [4.78, 5) is 5.53. The molecule has 1 spiro atoms. The summed E-state index contributed by atoms with van der Waals surface area (Å²) in [5.41, 5.74) is 14.2. The Bertz CT molecular complexity index is 2830. The van der Waals surface area contributed by atoms with E-state index < -0.39 is 0 Å². The Balaban J connectivity index is 1.09. The molecule has 58 heavy (non-hydrogen) atoms. The molecule has 0 bridgehead atoms. The lowest BCUT2D eigenvalue weighted by atomic mass is 9.47. The van der Waals surface area contributed by atoms with Crippen molar-refractivity contribution in [3.05, 3.63) is 138 Å². The zero-order chi connectivity index (χ0) is 39.5. The molecule has 5 heteroatoms. The minimum Gasteiger partial charge on any atom is -0.454 e. The Morgan fingerprint density at radius 2 is 1.34 bits per heavy atom. The number of benzene rings is 5. The minimum absolute atomic E-state index is 0.0262. The predicted octanol–water partition coefficient (Wildman–Crippen LogP) is 12.8. The Morgan fingerprint density at radius 3 is 2.14 bits per heavy atom. The average Bonchev–Trinajstić information content (AvgIpc) is 4.02. The van der Waals surface area contributed by atoms with Crippen LogP contribution in [0.2, 0.25) is 0 Å². The van der Waals surface area contributed by atoms with Gasteiger partial charge in [-0.25, -0.2) is 4.57 Å². The van der Waals surface area contributed by atoms with Crippen LogP contribution in [0.25, 0.3) is 39.0 Å². The fraction of sp³-hybridized carbons (Fsp3) is 0.377. The molecule has 292 valence electrons. The number of hydrogen-bond acceptors (Lipinski definition) is 3. The molecule has 4 aliphatic heterocycles. The first-order valence-corrected chi connectivity index (χ1v) is 22.0. The zero-order valence-corrected chi connectivity index (χ0v) is 35.1. The highest BCUT2D eigenvalue weighted by Crippen LogP contribution is 2.71. The van der Waals surface area contributed by atoms with E-state index in [-0.39, 0.29) is 27.9 Å². The number of rotatable bonds is 3. The van der Waals surface area contributed by atoms with E-state index in [1.807, 2.05) is 0 Å². The van der Waals surface area contributed by atoms with E-state index in [0.717, 1.165) is 43.4 Å². The van der Waals surface area contributed by atoms with Gasteiger partial charge in [0.25, 0.3) is 5.82 Å². The van der Waals surface area contributed by atoms with E-state index in [2.05, 4.69) is 183 Å². The van der Waals surface area contributed by atoms with Gasteiger partial charge in [-0.05, 0) is 86.3 Å². The largest absolute Gasteiger partial charge is 0.454 e. The third kappa shape index (κ3) is 3.97. The fourth-order valence-corrected chi connectivity index (χ4v) is 13.5. The summed E-state index contributed by atoms with van der Waals surface area (Å²) in [6, 6.07) is 39.1. The summed E-state index contributed by atoms with van der Waals surface area (Å²) >= 11 is 0. The topological polar surface area (TPSA) is 28.4 Å². The van der Waals surface area contributed by atoms with Crippen LogP contribution in [0.4, 0.5) is 17.1 Å². The summed E-state index contributed by atoms with van der Waals surface area (Å²) in [5, 5.41) is 2.42. The summed E-state index contributed by atoms with van der Waals surface area (Å²) in [6.45, 7) is 18.4. The Kier molecular flexibility index (Phi) is 6.86. The molecule has 1 saturated heterocycles. The third-order valence-electron chi connectivity index (χ3n) is 16.8. The van der Waals surface area contributed by atoms with Crippen molar-refractivity contribution >= 4 is 39.0 Å². The first-order valence-electron chi connectivity index (χ1n) is 22.0. The number of aromatic nitrogens is 2. The highest BCUT2D eigenvalue weighted by Gasteiger charge is 2.70. The van der Waals surface area contributed by atoms with Gasteiger partial charge in [-0.1, -0.05) is 120 Å². The quantitative estimate of drug-likeness (QED) is 0.168. The second kappa shape index (κ2) is 11.5. The maximum atomic E-state index is 6.97. The maximum absolute atomic E-state index is 6.97. The molecule has 1 aliphatic carbocycles. The molecule has 0 radical (unpaired) electrons. The molecule has 2 fully saturated rings. The molecular formula is C53H55N4O+. The SMILES string of the molecule is CC(C)c1cccc(C(C)C)c1-n1cc[n+]2c1-c1ccccc1C1(C)CCC3(C)c4ccc5c(oc6ccccc65)c4N4c5ccccc5N5CCC3(CCC21C)C54. The van der Waals surface area contributed by atoms with Gasteiger partial charge in [0.15, 0.2) is 5.58 Å². The normalized spacial score (nSPS) is 27.8. The van der Waals surface area contributed by atoms with Crippen LogP contribution in [0.15, 0.2) is 120 Å². The van der Waals surface area contributed by atoms with Gasteiger partial charge in [-0.15, -0.1) is 0 Å². The molecule has 5 atom stereocenters. The van der Waals surface area contributed by atoms with E-state index in [0.29, 0.717) is 11.8 Å². The second-order valence-electron chi connectivity index (χ2n) is 19.7.